The predicted molar refractivity (Wildman–Crippen MR) is 67.2 cm³/mol. The number of hydrogen-bond donors (Lipinski definition) is 1. The summed E-state index contributed by atoms with van der Waals surface area (Å²) in [6.45, 7) is 2.36. The van der Waals surface area contributed by atoms with E-state index in [1.165, 1.54) is 16.9 Å². The number of aromatic nitrogens is 2. The Morgan fingerprint density at radius 2 is 2.00 bits per heavy atom. The first kappa shape index (κ1) is 14.1. The lowest BCUT2D eigenvalue weighted by atomic mass is 10.1. The van der Waals surface area contributed by atoms with E-state index in [4.69, 9.17) is 0 Å². The fourth-order valence-electron chi connectivity index (χ4n) is 1.67. The number of amides is 1. The van der Waals surface area contributed by atoms with Crippen LogP contribution in [0.3, 0.4) is 0 Å². The zero-order chi connectivity index (χ0) is 14.8. The van der Waals surface area contributed by atoms with Crippen molar-refractivity contribution < 1.29 is 18.0 Å². The van der Waals surface area contributed by atoms with Crippen molar-refractivity contribution in [3.8, 4) is 0 Å². The summed E-state index contributed by atoms with van der Waals surface area (Å²) in [6.07, 6.45) is -3.40. The molecule has 1 heterocycles. The topological polar surface area (TPSA) is 46.9 Å². The maximum Gasteiger partial charge on any atom is 0.471 e. The molecule has 0 atom stereocenters. The molecule has 0 radical (unpaired) electrons. The molecule has 0 bridgehead atoms. The highest BCUT2D eigenvalue weighted by molar-refractivity contribution is 5.94. The van der Waals surface area contributed by atoms with Gasteiger partial charge >= 0.3 is 12.1 Å². The Morgan fingerprint density at radius 3 is 2.65 bits per heavy atom. The van der Waals surface area contributed by atoms with E-state index in [9.17, 15) is 18.0 Å². The fraction of sp³-hybridized carbons (Fsp3) is 0.231. The molecule has 20 heavy (non-hydrogen) atoms. The van der Waals surface area contributed by atoms with Gasteiger partial charge in [-0.25, -0.2) is 0 Å². The summed E-state index contributed by atoms with van der Waals surface area (Å²) in [7, 11) is 0. The predicted octanol–water partition coefficient (Wildman–Crippen LogP) is 2.74. The Balaban J connectivity index is 2.07. The van der Waals surface area contributed by atoms with Crippen LogP contribution in [0.15, 0.2) is 36.5 Å². The molecule has 0 saturated heterocycles. The molecular formula is C13H12F3N3O. The second-order valence-corrected chi connectivity index (χ2v) is 4.28. The summed E-state index contributed by atoms with van der Waals surface area (Å²) >= 11 is 0. The molecule has 106 valence electrons. The minimum Gasteiger partial charge on any atom is -0.301 e. The van der Waals surface area contributed by atoms with Gasteiger partial charge in [-0.1, -0.05) is 24.3 Å². The van der Waals surface area contributed by atoms with Crippen LogP contribution in [0.1, 0.15) is 11.1 Å². The Kier molecular flexibility index (Phi) is 3.78. The maximum absolute atomic E-state index is 12.1. The zero-order valence-corrected chi connectivity index (χ0v) is 10.6. The van der Waals surface area contributed by atoms with Gasteiger partial charge < -0.3 is 5.32 Å². The molecule has 1 N–H and O–H groups in total. The second-order valence-electron chi connectivity index (χ2n) is 4.28. The van der Waals surface area contributed by atoms with Crippen molar-refractivity contribution in [2.45, 2.75) is 19.6 Å². The smallest absolute Gasteiger partial charge is 0.301 e. The van der Waals surface area contributed by atoms with Gasteiger partial charge in [-0.05, 0) is 18.1 Å². The lowest BCUT2D eigenvalue weighted by Crippen LogP contribution is -2.30. The number of carbonyl (C=O) groups excluding carboxylic acids is 1. The summed E-state index contributed by atoms with van der Waals surface area (Å²) in [5.41, 5.74) is 2.06. The van der Waals surface area contributed by atoms with Crippen LogP contribution in [0.25, 0.3) is 0 Å². The Bertz CT molecular complexity index is 619. The number of hydrogen-bond acceptors (Lipinski definition) is 2. The highest BCUT2D eigenvalue weighted by Gasteiger charge is 2.39. The summed E-state index contributed by atoms with van der Waals surface area (Å²) in [5, 5.41) is 5.59. The summed E-state index contributed by atoms with van der Waals surface area (Å²) < 4.78 is 37.8. The molecule has 1 amide bonds. The highest BCUT2D eigenvalue weighted by Crippen LogP contribution is 2.17. The van der Waals surface area contributed by atoms with Gasteiger partial charge in [0.25, 0.3) is 0 Å². The van der Waals surface area contributed by atoms with Crippen LogP contribution in [-0.4, -0.2) is 21.9 Å². The minimum atomic E-state index is -4.92. The van der Waals surface area contributed by atoms with E-state index in [0.29, 0.717) is 6.54 Å². The van der Waals surface area contributed by atoms with E-state index in [1.807, 2.05) is 31.2 Å². The summed E-state index contributed by atoms with van der Waals surface area (Å²) in [5.74, 6) is -2.15. The van der Waals surface area contributed by atoms with Crippen LogP contribution < -0.4 is 5.32 Å². The first-order valence-corrected chi connectivity index (χ1v) is 5.82. The van der Waals surface area contributed by atoms with Crippen LogP contribution in [0, 0.1) is 6.92 Å². The molecule has 2 aromatic rings. The van der Waals surface area contributed by atoms with Crippen molar-refractivity contribution in [1.29, 1.82) is 0 Å². The molecule has 0 fully saturated rings. The quantitative estimate of drug-likeness (QED) is 0.941. The third kappa shape index (κ3) is 3.37. The van der Waals surface area contributed by atoms with Crippen molar-refractivity contribution in [2.24, 2.45) is 0 Å². The Labute approximate surface area is 113 Å². The summed E-state index contributed by atoms with van der Waals surface area (Å²) in [4.78, 5) is 10.8. The lowest BCUT2D eigenvalue weighted by molar-refractivity contribution is -0.167. The van der Waals surface area contributed by atoms with Gasteiger partial charge in [0.2, 0.25) is 0 Å². The number of aryl methyl sites for hydroxylation is 1. The number of benzene rings is 1. The SMILES string of the molecule is Cc1ccccc1Cn1ccc(NC(=O)C(F)(F)F)n1. The molecule has 7 heteroatoms. The van der Waals surface area contributed by atoms with E-state index in [-0.39, 0.29) is 5.82 Å². The number of nitrogens with zero attached hydrogens (tertiary/aromatic N) is 2. The number of nitrogens with one attached hydrogen (secondary N) is 1. The fourth-order valence-corrected chi connectivity index (χ4v) is 1.67. The van der Waals surface area contributed by atoms with Crippen LogP contribution in [0.4, 0.5) is 19.0 Å². The number of carbonyl (C=O) groups is 1. The molecule has 0 aliphatic heterocycles. The van der Waals surface area contributed by atoms with E-state index in [2.05, 4.69) is 5.10 Å². The van der Waals surface area contributed by atoms with E-state index >= 15 is 0 Å². The maximum atomic E-state index is 12.1. The van der Waals surface area contributed by atoms with Gasteiger partial charge in [0, 0.05) is 12.3 Å². The summed E-state index contributed by atoms with van der Waals surface area (Å²) in [6, 6.07) is 8.94. The van der Waals surface area contributed by atoms with Gasteiger partial charge in [0.05, 0.1) is 6.54 Å². The van der Waals surface area contributed by atoms with Crippen LogP contribution in [-0.2, 0) is 11.3 Å². The molecule has 0 saturated carbocycles. The number of alkyl halides is 3. The highest BCUT2D eigenvalue weighted by atomic mass is 19.4. The van der Waals surface area contributed by atoms with Crippen molar-refractivity contribution in [3.63, 3.8) is 0 Å². The Morgan fingerprint density at radius 1 is 1.30 bits per heavy atom. The third-order valence-electron chi connectivity index (χ3n) is 2.73. The molecule has 0 aliphatic rings. The largest absolute Gasteiger partial charge is 0.471 e. The second kappa shape index (κ2) is 5.36. The van der Waals surface area contributed by atoms with E-state index in [0.717, 1.165) is 11.1 Å². The molecule has 4 nitrogen and oxygen atoms in total. The van der Waals surface area contributed by atoms with Crippen LogP contribution >= 0.6 is 0 Å². The van der Waals surface area contributed by atoms with Gasteiger partial charge in [-0.15, -0.1) is 0 Å². The third-order valence-corrected chi connectivity index (χ3v) is 2.73. The van der Waals surface area contributed by atoms with Gasteiger partial charge in [-0.3, -0.25) is 9.48 Å². The normalized spacial score (nSPS) is 11.4. The lowest BCUT2D eigenvalue weighted by Gasteiger charge is -2.06. The first-order valence-electron chi connectivity index (χ1n) is 5.82. The van der Waals surface area contributed by atoms with Crippen molar-refractivity contribution in [2.75, 3.05) is 5.32 Å². The van der Waals surface area contributed by atoms with Gasteiger partial charge in [0.15, 0.2) is 5.82 Å². The van der Waals surface area contributed by atoms with Crippen LogP contribution in [0.5, 0.6) is 0 Å². The van der Waals surface area contributed by atoms with Gasteiger partial charge in [0.1, 0.15) is 0 Å². The van der Waals surface area contributed by atoms with Crippen molar-refractivity contribution in [1.82, 2.24) is 9.78 Å². The minimum absolute atomic E-state index is 0.124. The molecule has 0 aliphatic carbocycles. The van der Waals surface area contributed by atoms with E-state index in [1.54, 1.807) is 5.32 Å². The molecule has 0 spiro atoms. The number of halogens is 3. The number of anilines is 1. The average molecular weight is 283 g/mol. The van der Waals surface area contributed by atoms with Crippen molar-refractivity contribution >= 4 is 11.7 Å². The van der Waals surface area contributed by atoms with E-state index < -0.39 is 12.1 Å². The van der Waals surface area contributed by atoms with Gasteiger partial charge in [-0.2, -0.15) is 18.3 Å². The molecule has 0 unspecified atom stereocenters. The molecular weight excluding hydrogens is 271 g/mol. The first-order chi connectivity index (χ1) is 9.36. The molecule has 1 aromatic carbocycles. The molecule has 2 rings (SSSR count). The monoisotopic (exact) mass is 283 g/mol. The standard InChI is InChI=1S/C13H12F3N3O/c1-9-4-2-3-5-10(9)8-19-7-6-11(18-19)17-12(20)13(14,15)16/h2-7H,8H2,1H3,(H,17,18,20). The zero-order valence-electron chi connectivity index (χ0n) is 10.6. The van der Waals surface area contributed by atoms with Crippen LogP contribution in [0.2, 0.25) is 0 Å². The Hall–Kier alpha value is -2.31. The number of rotatable bonds is 3. The van der Waals surface area contributed by atoms with Crippen molar-refractivity contribution in [3.05, 3.63) is 47.7 Å². The average Bonchev–Trinajstić information content (AvgIpc) is 2.78. The molecule has 1 aromatic heterocycles.